The minimum absolute atomic E-state index is 0.0661. The van der Waals surface area contributed by atoms with Crippen LogP contribution in [0.2, 0.25) is 0 Å². The number of hydrogen-bond acceptors (Lipinski definition) is 4. The van der Waals surface area contributed by atoms with E-state index in [4.69, 9.17) is 0 Å². The van der Waals surface area contributed by atoms with E-state index in [1.54, 1.807) is 0 Å². The van der Waals surface area contributed by atoms with Crippen molar-refractivity contribution >= 4 is 17.4 Å². The Morgan fingerprint density at radius 2 is 2.00 bits per heavy atom. The molecule has 0 amide bonds. The van der Waals surface area contributed by atoms with Gasteiger partial charge in [-0.15, -0.1) is 0 Å². The van der Waals surface area contributed by atoms with Crippen molar-refractivity contribution in [2.24, 2.45) is 0 Å². The summed E-state index contributed by atoms with van der Waals surface area (Å²) in [4.78, 5) is 22.0. The minimum Gasteiger partial charge on any atom is -0.469 e. The van der Waals surface area contributed by atoms with Crippen molar-refractivity contribution in [1.29, 1.82) is 0 Å². The SMILES string of the molecule is C=CC(=O)CNc1ccc(CC(=O)OC)cc1. The molecule has 1 aromatic carbocycles. The van der Waals surface area contributed by atoms with Crippen LogP contribution in [-0.2, 0) is 20.7 Å². The summed E-state index contributed by atoms with van der Waals surface area (Å²) in [6.45, 7) is 3.61. The summed E-state index contributed by atoms with van der Waals surface area (Å²) < 4.78 is 4.57. The molecule has 0 spiro atoms. The zero-order valence-corrected chi connectivity index (χ0v) is 9.73. The van der Waals surface area contributed by atoms with Gasteiger partial charge in [-0.2, -0.15) is 0 Å². The highest BCUT2D eigenvalue weighted by atomic mass is 16.5. The Balaban J connectivity index is 2.52. The van der Waals surface area contributed by atoms with Gasteiger partial charge in [-0.25, -0.2) is 0 Å². The van der Waals surface area contributed by atoms with E-state index in [2.05, 4.69) is 16.6 Å². The van der Waals surface area contributed by atoms with E-state index < -0.39 is 0 Å². The van der Waals surface area contributed by atoms with E-state index in [0.29, 0.717) is 0 Å². The average Bonchev–Trinajstić information content (AvgIpc) is 2.37. The van der Waals surface area contributed by atoms with E-state index in [9.17, 15) is 9.59 Å². The van der Waals surface area contributed by atoms with Gasteiger partial charge < -0.3 is 10.1 Å². The first-order valence-corrected chi connectivity index (χ1v) is 5.20. The molecule has 17 heavy (non-hydrogen) atoms. The fraction of sp³-hybridized carbons (Fsp3) is 0.231. The van der Waals surface area contributed by atoms with Gasteiger partial charge in [0.05, 0.1) is 20.1 Å². The van der Waals surface area contributed by atoms with E-state index in [1.807, 2.05) is 24.3 Å². The Kier molecular flexibility index (Phi) is 4.94. The van der Waals surface area contributed by atoms with Crippen molar-refractivity contribution in [1.82, 2.24) is 0 Å². The molecule has 0 radical (unpaired) electrons. The number of hydrogen-bond donors (Lipinski definition) is 1. The lowest BCUT2D eigenvalue weighted by Gasteiger charge is -2.05. The summed E-state index contributed by atoms with van der Waals surface area (Å²) in [5, 5.41) is 2.95. The van der Waals surface area contributed by atoms with Crippen LogP contribution < -0.4 is 5.32 Å². The molecule has 0 aliphatic rings. The molecule has 0 aromatic heterocycles. The second kappa shape index (κ2) is 6.48. The van der Waals surface area contributed by atoms with Gasteiger partial charge in [0.1, 0.15) is 0 Å². The Morgan fingerprint density at radius 3 is 2.53 bits per heavy atom. The van der Waals surface area contributed by atoms with Crippen LogP contribution in [0, 0.1) is 0 Å². The maximum atomic E-state index is 11.0. The summed E-state index contributed by atoms with van der Waals surface area (Å²) >= 11 is 0. The molecule has 1 aromatic rings. The van der Waals surface area contributed by atoms with Gasteiger partial charge in [-0.1, -0.05) is 18.7 Å². The highest BCUT2D eigenvalue weighted by Crippen LogP contribution is 2.10. The molecule has 0 saturated heterocycles. The fourth-order valence-electron chi connectivity index (χ4n) is 1.24. The number of anilines is 1. The number of methoxy groups -OCH3 is 1. The molecule has 90 valence electrons. The van der Waals surface area contributed by atoms with Gasteiger partial charge >= 0.3 is 5.97 Å². The van der Waals surface area contributed by atoms with Crippen molar-refractivity contribution in [3.8, 4) is 0 Å². The first kappa shape index (κ1) is 13.0. The van der Waals surface area contributed by atoms with E-state index in [-0.39, 0.29) is 24.7 Å². The summed E-state index contributed by atoms with van der Waals surface area (Å²) in [5.74, 6) is -0.337. The van der Waals surface area contributed by atoms with Crippen LogP contribution in [0.5, 0.6) is 0 Å². The first-order valence-electron chi connectivity index (χ1n) is 5.20. The van der Waals surface area contributed by atoms with E-state index in [0.717, 1.165) is 11.3 Å². The predicted octanol–water partition coefficient (Wildman–Crippen LogP) is 1.57. The zero-order valence-electron chi connectivity index (χ0n) is 9.73. The third-order valence-electron chi connectivity index (χ3n) is 2.22. The van der Waals surface area contributed by atoms with Crippen molar-refractivity contribution in [3.63, 3.8) is 0 Å². The maximum absolute atomic E-state index is 11.0. The standard InChI is InChI=1S/C13H15NO3/c1-3-12(15)9-14-11-6-4-10(5-7-11)8-13(16)17-2/h3-7,14H,1,8-9H2,2H3. The summed E-state index contributed by atoms with van der Waals surface area (Å²) in [6.07, 6.45) is 1.53. The number of nitrogens with one attached hydrogen (secondary N) is 1. The molecule has 4 heteroatoms. The fourth-order valence-corrected chi connectivity index (χ4v) is 1.24. The monoisotopic (exact) mass is 233 g/mol. The van der Waals surface area contributed by atoms with Crippen LogP contribution in [0.4, 0.5) is 5.69 Å². The lowest BCUT2D eigenvalue weighted by molar-refractivity contribution is -0.139. The number of ketones is 1. The third-order valence-corrected chi connectivity index (χ3v) is 2.22. The molecular formula is C13H15NO3. The molecule has 0 aliphatic heterocycles. The summed E-state index contributed by atoms with van der Waals surface area (Å²) in [7, 11) is 1.36. The minimum atomic E-state index is -0.271. The lowest BCUT2D eigenvalue weighted by Crippen LogP contribution is -2.10. The summed E-state index contributed by atoms with van der Waals surface area (Å²) in [5.41, 5.74) is 1.70. The summed E-state index contributed by atoms with van der Waals surface area (Å²) in [6, 6.07) is 7.26. The topological polar surface area (TPSA) is 55.4 Å². The van der Waals surface area contributed by atoms with Crippen molar-refractivity contribution in [2.75, 3.05) is 19.0 Å². The van der Waals surface area contributed by atoms with Crippen LogP contribution >= 0.6 is 0 Å². The second-order valence-corrected chi connectivity index (χ2v) is 3.47. The predicted molar refractivity (Wildman–Crippen MR) is 65.9 cm³/mol. The molecule has 0 atom stereocenters. The number of carbonyl (C=O) groups is 2. The van der Waals surface area contributed by atoms with Crippen molar-refractivity contribution in [3.05, 3.63) is 42.5 Å². The first-order chi connectivity index (χ1) is 8.15. The highest BCUT2D eigenvalue weighted by molar-refractivity contribution is 5.92. The Morgan fingerprint density at radius 1 is 1.35 bits per heavy atom. The maximum Gasteiger partial charge on any atom is 0.309 e. The Bertz CT molecular complexity index is 409. The van der Waals surface area contributed by atoms with Crippen LogP contribution in [-0.4, -0.2) is 25.4 Å². The molecule has 0 bridgehead atoms. The number of esters is 1. The number of benzene rings is 1. The molecular weight excluding hydrogens is 218 g/mol. The average molecular weight is 233 g/mol. The van der Waals surface area contributed by atoms with Gasteiger partial charge in [0.2, 0.25) is 0 Å². The molecule has 0 fully saturated rings. The molecule has 0 saturated carbocycles. The number of ether oxygens (including phenoxy) is 1. The zero-order chi connectivity index (χ0) is 12.7. The molecule has 1 N–H and O–H groups in total. The Labute approximate surface area is 100 Å². The van der Waals surface area contributed by atoms with Crippen LogP contribution in [0.3, 0.4) is 0 Å². The van der Waals surface area contributed by atoms with Gasteiger partial charge in [-0.05, 0) is 23.8 Å². The molecule has 4 nitrogen and oxygen atoms in total. The van der Waals surface area contributed by atoms with E-state index in [1.165, 1.54) is 13.2 Å². The third kappa shape index (κ3) is 4.51. The second-order valence-electron chi connectivity index (χ2n) is 3.47. The number of carbonyl (C=O) groups excluding carboxylic acids is 2. The van der Waals surface area contributed by atoms with Crippen LogP contribution in [0.1, 0.15) is 5.56 Å². The van der Waals surface area contributed by atoms with Gasteiger partial charge in [0, 0.05) is 5.69 Å². The van der Waals surface area contributed by atoms with Crippen LogP contribution in [0.15, 0.2) is 36.9 Å². The largest absolute Gasteiger partial charge is 0.469 e. The normalized spacial score (nSPS) is 9.47. The van der Waals surface area contributed by atoms with Gasteiger partial charge in [0.15, 0.2) is 5.78 Å². The lowest BCUT2D eigenvalue weighted by atomic mass is 10.1. The molecule has 0 heterocycles. The van der Waals surface area contributed by atoms with E-state index >= 15 is 0 Å². The Hall–Kier alpha value is -2.10. The van der Waals surface area contributed by atoms with Gasteiger partial charge in [0.25, 0.3) is 0 Å². The molecule has 0 unspecified atom stereocenters. The molecule has 1 rings (SSSR count). The molecule has 0 aliphatic carbocycles. The smallest absolute Gasteiger partial charge is 0.309 e. The van der Waals surface area contributed by atoms with Gasteiger partial charge in [-0.3, -0.25) is 9.59 Å². The highest BCUT2D eigenvalue weighted by Gasteiger charge is 2.02. The van der Waals surface area contributed by atoms with Crippen LogP contribution in [0.25, 0.3) is 0 Å². The van der Waals surface area contributed by atoms with Crippen molar-refractivity contribution in [2.45, 2.75) is 6.42 Å². The quantitative estimate of drug-likeness (QED) is 0.598. The number of rotatable bonds is 6. The van der Waals surface area contributed by atoms with Crippen molar-refractivity contribution < 1.29 is 14.3 Å².